The molecule has 3 nitrogen and oxygen atoms in total. The predicted molar refractivity (Wildman–Crippen MR) is 71.4 cm³/mol. The molecule has 0 aliphatic carbocycles. The highest BCUT2D eigenvalue weighted by Gasteiger charge is 2.31. The average molecular weight is 284 g/mol. The summed E-state index contributed by atoms with van der Waals surface area (Å²) in [5, 5.41) is 0. The number of alkyl halides is 3. The first-order chi connectivity index (χ1) is 9.29. The Bertz CT molecular complexity index is 605. The van der Waals surface area contributed by atoms with Gasteiger partial charge >= 0.3 is 6.18 Å². The Kier molecular flexibility index (Phi) is 3.65. The maximum absolute atomic E-state index is 12.6. The molecule has 0 aliphatic rings. The number of halogens is 3. The van der Waals surface area contributed by atoms with Crippen LogP contribution >= 0.6 is 0 Å². The topological polar surface area (TPSA) is 42.4 Å². The molecule has 0 saturated heterocycles. The maximum atomic E-state index is 12.6. The molecule has 2 rings (SSSR count). The summed E-state index contributed by atoms with van der Waals surface area (Å²) in [6.07, 6.45) is -2.80. The fraction of sp³-hybridized carbons (Fsp3) is 0.286. The maximum Gasteiger partial charge on any atom is 0.416 e. The molecule has 0 saturated carbocycles. The zero-order valence-electron chi connectivity index (χ0n) is 11.2. The van der Waals surface area contributed by atoms with Crippen molar-refractivity contribution in [1.29, 1.82) is 0 Å². The van der Waals surface area contributed by atoms with E-state index in [0.29, 0.717) is 12.2 Å². The van der Waals surface area contributed by atoms with Crippen LogP contribution in [0.2, 0.25) is 0 Å². The minimum absolute atomic E-state index is 0.100. The zero-order valence-corrected chi connectivity index (χ0v) is 11.2. The number of nitrogens with zero attached hydrogens (tertiary/aromatic N) is 1. The molecular weight excluding hydrogens is 269 g/mol. The van der Waals surface area contributed by atoms with Crippen LogP contribution in [0, 0.1) is 6.92 Å². The first kappa shape index (κ1) is 14.3. The van der Waals surface area contributed by atoms with Gasteiger partial charge in [0.2, 0.25) is 0 Å². The monoisotopic (exact) mass is 284 g/mol. The van der Waals surface area contributed by atoms with Gasteiger partial charge in [0.1, 0.15) is 5.76 Å². The van der Waals surface area contributed by atoms with Crippen LogP contribution in [0.1, 0.15) is 16.9 Å². The smallest absolute Gasteiger partial charge is 0.416 e. The molecule has 1 aromatic heterocycles. The summed E-state index contributed by atoms with van der Waals surface area (Å²) < 4.78 is 42.9. The number of aryl methyl sites for hydroxylation is 1. The Morgan fingerprint density at radius 2 is 1.95 bits per heavy atom. The van der Waals surface area contributed by atoms with Gasteiger partial charge in [0.25, 0.3) is 0 Å². The summed E-state index contributed by atoms with van der Waals surface area (Å²) in [5.74, 6) is 0.780. The minimum Gasteiger partial charge on any atom is -0.469 e. The SMILES string of the molecule is Cc1occc1CN(C)c1ccc(C(F)(F)F)cc1N. The van der Waals surface area contributed by atoms with E-state index >= 15 is 0 Å². The summed E-state index contributed by atoms with van der Waals surface area (Å²) in [7, 11) is 1.77. The van der Waals surface area contributed by atoms with Gasteiger partial charge in [-0.05, 0) is 31.2 Å². The van der Waals surface area contributed by atoms with Crippen molar-refractivity contribution in [2.24, 2.45) is 0 Å². The lowest BCUT2D eigenvalue weighted by Crippen LogP contribution is -2.18. The number of furan rings is 1. The third-order valence-electron chi connectivity index (χ3n) is 3.14. The molecule has 20 heavy (non-hydrogen) atoms. The van der Waals surface area contributed by atoms with Crippen LogP contribution in [0.5, 0.6) is 0 Å². The molecule has 1 heterocycles. The van der Waals surface area contributed by atoms with Gasteiger partial charge < -0.3 is 15.1 Å². The Hall–Kier alpha value is -2.11. The molecule has 0 fully saturated rings. The van der Waals surface area contributed by atoms with Crippen molar-refractivity contribution < 1.29 is 17.6 Å². The quantitative estimate of drug-likeness (QED) is 0.871. The van der Waals surface area contributed by atoms with Crippen molar-refractivity contribution in [3.63, 3.8) is 0 Å². The van der Waals surface area contributed by atoms with Crippen LogP contribution in [0.4, 0.5) is 24.5 Å². The summed E-state index contributed by atoms with van der Waals surface area (Å²) in [4.78, 5) is 1.79. The van der Waals surface area contributed by atoms with Crippen LogP contribution in [-0.4, -0.2) is 7.05 Å². The number of nitrogens with two attached hydrogens (primary N) is 1. The number of hydrogen-bond acceptors (Lipinski definition) is 3. The number of hydrogen-bond donors (Lipinski definition) is 1. The molecule has 108 valence electrons. The minimum atomic E-state index is -4.38. The Balaban J connectivity index is 2.23. The van der Waals surface area contributed by atoms with Crippen LogP contribution < -0.4 is 10.6 Å². The van der Waals surface area contributed by atoms with Gasteiger partial charge in [-0.1, -0.05) is 0 Å². The van der Waals surface area contributed by atoms with Crippen LogP contribution in [0.3, 0.4) is 0 Å². The van der Waals surface area contributed by atoms with Crippen LogP contribution in [0.15, 0.2) is 34.9 Å². The summed E-state index contributed by atoms with van der Waals surface area (Å²) in [6, 6.07) is 5.19. The van der Waals surface area contributed by atoms with E-state index in [2.05, 4.69) is 0 Å². The standard InChI is InChI=1S/C14H15F3N2O/c1-9-10(5-6-20-9)8-19(2)13-4-3-11(7-12(13)18)14(15,16)17/h3-7H,8,18H2,1-2H3. The van der Waals surface area contributed by atoms with Crippen molar-refractivity contribution in [3.05, 3.63) is 47.4 Å². The van der Waals surface area contributed by atoms with Crippen molar-refractivity contribution in [2.45, 2.75) is 19.6 Å². The highest BCUT2D eigenvalue weighted by molar-refractivity contribution is 5.68. The van der Waals surface area contributed by atoms with Crippen LogP contribution in [-0.2, 0) is 12.7 Å². The summed E-state index contributed by atoms with van der Waals surface area (Å²) in [6.45, 7) is 2.34. The highest BCUT2D eigenvalue weighted by atomic mass is 19.4. The third-order valence-corrected chi connectivity index (χ3v) is 3.14. The van der Waals surface area contributed by atoms with Gasteiger partial charge in [0.05, 0.1) is 23.2 Å². The lowest BCUT2D eigenvalue weighted by molar-refractivity contribution is -0.137. The Morgan fingerprint density at radius 1 is 1.25 bits per heavy atom. The number of anilines is 2. The Labute approximate surface area is 114 Å². The number of benzene rings is 1. The van der Waals surface area contributed by atoms with Gasteiger partial charge in [-0.3, -0.25) is 0 Å². The van der Waals surface area contributed by atoms with Crippen LogP contribution in [0.25, 0.3) is 0 Å². The molecule has 2 N–H and O–H groups in total. The lowest BCUT2D eigenvalue weighted by Gasteiger charge is -2.21. The normalized spacial score (nSPS) is 11.7. The molecule has 0 bridgehead atoms. The molecule has 0 unspecified atom stereocenters. The van der Waals surface area contributed by atoms with Gasteiger partial charge in [-0.15, -0.1) is 0 Å². The third kappa shape index (κ3) is 2.89. The first-order valence-electron chi connectivity index (χ1n) is 6.00. The molecule has 0 atom stereocenters. The summed E-state index contributed by atoms with van der Waals surface area (Å²) in [5.41, 5.74) is 6.60. The van der Waals surface area contributed by atoms with Crippen molar-refractivity contribution in [2.75, 3.05) is 17.7 Å². The second kappa shape index (κ2) is 5.11. The molecule has 1 aromatic carbocycles. The molecular formula is C14H15F3N2O. The van der Waals surface area contributed by atoms with E-state index in [4.69, 9.17) is 10.2 Å². The fourth-order valence-corrected chi connectivity index (χ4v) is 1.99. The fourth-order valence-electron chi connectivity index (χ4n) is 1.99. The largest absolute Gasteiger partial charge is 0.469 e. The van der Waals surface area contributed by atoms with Crippen molar-refractivity contribution >= 4 is 11.4 Å². The van der Waals surface area contributed by atoms with E-state index in [1.807, 2.05) is 13.0 Å². The van der Waals surface area contributed by atoms with Gasteiger partial charge in [0.15, 0.2) is 0 Å². The van der Waals surface area contributed by atoms with Crippen molar-refractivity contribution in [1.82, 2.24) is 0 Å². The van der Waals surface area contributed by atoms with E-state index in [-0.39, 0.29) is 5.69 Å². The van der Waals surface area contributed by atoms with E-state index < -0.39 is 11.7 Å². The van der Waals surface area contributed by atoms with Gasteiger partial charge in [-0.25, -0.2) is 0 Å². The molecule has 6 heteroatoms. The molecule has 0 aliphatic heterocycles. The first-order valence-corrected chi connectivity index (χ1v) is 6.00. The van der Waals surface area contributed by atoms with E-state index in [9.17, 15) is 13.2 Å². The number of rotatable bonds is 3. The number of nitrogen functional groups attached to an aromatic ring is 1. The van der Waals surface area contributed by atoms with E-state index in [1.165, 1.54) is 6.07 Å². The zero-order chi connectivity index (χ0) is 14.9. The second-order valence-electron chi connectivity index (χ2n) is 4.63. The molecule has 2 aromatic rings. The Morgan fingerprint density at radius 3 is 2.45 bits per heavy atom. The molecule has 0 amide bonds. The molecule has 0 spiro atoms. The van der Waals surface area contributed by atoms with Crippen molar-refractivity contribution in [3.8, 4) is 0 Å². The van der Waals surface area contributed by atoms with Gasteiger partial charge in [-0.2, -0.15) is 13.2 Å². The molecule has 0 radical (unpaired) electrons. The summed E-state index contributed by atoms with van der Waals surface area (Å²) >= 11 is 0. The van der Waals surface area contributed by atoms with Gasteiger partial charge in [0, 0.05) is 19.2 Å². The lowest BCUT2D eigenvalue weighted by atomic mass is 10.1. The second-order valence-corrected chi connectivity index (χ2v) is 4.63. The highest BCUT2D eigenvalue weighted by Crippen LogP contribution is 2.34. The van der Waals surface area contributed by atoms with E-state index in [0.717, 1.165) is 23.5 Å². The van der Waals surface area contributed by atoms with E-state index in [1.54, 1.807) is 18.2 Å². The predicted octanol–water partition coefficient (Wildman–Crippen LogP) is 3.83. The average Bonchev–Trinajstić information content (AvgIpc) is 2.73.